The number of aromatic amines is 1. The first-order chi connectivity index (χ1) is 6.93. The molecule has 0 aliphatic rings. The number of H-pyrrole nitrogens is 1. The normalized spacial score (nSPS) is 10.6. The first-order valence-electron chi connectivity index (χ1n) is 5.62. The maximum atomic E-state index is 5.42. The SMILES string of the molecule is NCCCCCCCCc1ccn[nH]1. The zero-order chi connectivity index (χ0) is 10.1. The number of nitrogens with two attached hydrogens (primary N) is 1. The molecular formula is C11H21N3. The van der Waals surface area contributed by atoms with Gasteiger partial charge in [-0.05, 0) is 31.9 Å². The summed E-state index contributed by atoms with van der Waals surface area (Å²) >= 11 is 0. The Morgan fingerprint density at radius 3 is 2.43 bits per heavy atom. The molecule has 3 nitrogen and oxygen atoms in total. The van der Waals surface area contributed by atoms with E-state index in [4.69, 9.17) is 5.73 Å². The fraction of sp³-hybridized carbons (Fsp3) is 0.727. The molecule has 14 heavy (non-hydrogen) atoms. The number of aryl methyl sites for hydroxylation is 1. The Morgan fingerprint density at radius 1 is 1.07 bits per heavy atom. The minimum absolute atomic E-state index is 0.841. The maximum absolute atomic E-state index is 5.42. The highest BCUT2D eigenvalue weighted by molar-refractivity contribution is 4.96. The van der Waals surface area contributed by atoms with Crippen LogP contribution in [0.2, 0.25) is 0 Å². The Kier molecular flexibility index (Phi) is 6.07. The van der Waals surface area contributed by atoms with Crippen molar-refractivity contribution in [2.45, 2.75) is 44.9 Å². The van der Waals surface area contributed by atoms with E-state index in [9.17, 15) is 0 Å². The third-order valence-corrected chi connectivity index (χ3v) is 2.46. The summed E-state index contributed by atoms with van der Waals surface area (Å²) in [6, 6.07) is 2.05. The molecule has 1 heterocycles. The number of unbranched alkanes of at least 4 members (excludes halogenated alkanes) is 5. The average Bonchev–Trinajstić information content (AvgIpc) is 2.69. The molecule has 3 heteroatoms. The van der Waals surface area contributed by atoms with Gasteiger partial charge in [-0.25, -0.2) is 0 Å². The Labute approximate surface area is 86.1 Å². The monoisotopic (exact) mass is 195 g/mol. The van der Waals surface area contributed by atoms with Crippen molar-refractivity contribution in [2.24, 2.45) is 5.73 Å². The van der Waals surface area contributed by atoms with Gasteiger partial charge in [-0.3, -0.25) is 5.10 Å². The van der Waals surface area contributed by atoms with Gasteiger partial charge in [0, 0.05) is 11.9 Å². The molecule has 1 aromatic rings. The maximum Gasteiger partial charge on any atom is 0.0490 e. The van der Waals surface area contributed by atoms with Gasteiger partial charge in [0.05, 0.1) is 0 Å². The van der Waals surface area contributed by atoms with Crippen molar-refractivity contribution in [2.75, 3.05) is 6.54 Å². The molecule has 0 amide bonds. The molecule has 3 N–H and O–H groups in total. The fourth-order valence-electron chi connectivity index (χ4n) is 1.59. The summed E-state index contributed by atoms with van der Waals surface area (Å²) in [4.78, 5) is 0. The first-order valence-corrected chi connectivity index (χ1v) is 5.62. The fourth-order valence-corrected chi connectivity index (χ4v) is 1.59. The van der Waals surface area contributed by atoms with Crippen LogP contribution in [-0.4, -0.2) is 16.7 Å². The van der Waals surface area contributed by atoms with E-state index in [2.05, 4.69) is 16.3 Å². The van der Waals surface area contributed by atoms with Gasteiger partial charge in [0.2, 0.25) is 0 Å². The first kappa shape index (κ1) is 11.2. The van der Waals surface area contributed by atoms with Crippen molar-refractivity contribution in [3.05, 3.63) is 18.0 Å². The standard InChI is InChI=1S/C11H21N3/c12-9-6-4-2-1-3-5-7-11-8-10-13-14-11/h8,10H,1-7,9,12H2,(H,13,14). The lowest BCUT2D eigenvalue weighted by Crippen LogP contribution is -1.97. The van der Waals surface area contributed by atoms with Crippen LogP contribution in [0.15, 0.2) is 12.3 Å². The molecule has 1 rings (SSSR count). The lowest BCUT2D eigenvalue weighted by Gasteiger charge is -1.99. The predicted molar refractivity (Wildman–Crippen MR) is 59.0 cm³/mol. The number of nitrogens with one attached hydrogen (secondary N) is 1. The highest BCUT2D eigenvalue weighted by Crippen LogP contribution is 2.07. The van der Waals surface area contributed by atoms with Crippen LogP contribution in [0, 0.1) is 0 Å². The third kappa shape index (κ3) is 5.02. The van der Waals surface area contributed by atoms with E-state index in [0.717, 1.165) is 13.0 Å². The minimum atomic E-state index is 0.841. The predicted octanol–water partition coefficient (Wildman–Crippen LogP) is 2.25. The van der Waals surface area contributed by atoms with Crippen molar-refractivity contribution < 1.29 is 0 Å². The van der Waals surface area contributed by atoms with Gasteiger partial charge in [-0.1, -0.05) is 25.7 Å². The highest BCUT2D eigenvalue weighted by atomic mass is 15.1. The van der Waals surface area contributed by atoms with Crippen molar-refractivity contribution in [1.29, 1.82) is 0 Å². The summed E-state index contributed by atoms with van der Waals surface area (Å²) in [6.45, 7) is 0.841. The molecular weight excluding hydrogens is 174 g/mol. The van der Waals surface area contributed by atoms with Gasteiger partial charge >= 0.3 is 0 Å². The lowest BCUT2D eigenvalue weighted by atomic mass is 10.1. The molecule has 0 saturated heterocycles. The zero-order valence-corrected chi connectivity index (χ0v) is 8.84. The van der Waals surface area contributed by atoms with Crippen molar-refractivity contribution in [3.63, 3.8) is 0 Å². The van der Waals surface area contributed by atoms with Crippen molar-refractivity contribution in [3.8, 4) is 0 Å². The average molecular weight is 195 g/mol. The largest absolute Gasteiger partial charge is 0.330 e. The number of hydrogen-bond donors (Lipinski definition) is 2. The van der Waals surface area contributed by atoms with Gasteiger partial charge in [0.25, 0.3) is 0 Å². The Morgan fingerprint density at radius 2 is 1.79 bits per heavy atom. The van der Waals surface area contributed by atoms with Crippen LogP contribution in [0.1, 0.15) is 44.2 Å². The number of hydrogen-bond acceptors (Lipinski definition) is 2. The topological polar surface area (TPSA) is 54.7 Å². The van der Waals surface area contributed by atoms with Crippen LogP contribution in [0.5, 0.6) is 0 Å². The van der Waals surface area contributed by atoms with E-state index in [1.165, 1.54) is 44.2 Å². The molecule has 0 fully saturated rings. The van der Waals surface area contributed by atoms with Crippen LogP contribution < -0.4 is 5.73 Å². The molecule has 0 aromatic carbocycles. The smallest absolute Gasteiger partial charge is 0.0490 e. The van der Waals surface area contributed by atoms with Gasteiger partial charge in [-0.15, -0.1) is 0 Å². The lowest BCUT2D eigenvalue weighted by molar-refractivity contribution is 0.595. The summed E-state index contributed by atoms with van der Waals surface area (Å²) in [5.74, 6) is 0. The minimum Gasteiger partial charge on any atom is -0.330 e. The van der Waals surface area contributed by atoms with E-state index in [1.807, 2.05) is 6.20 Å². The summed E-state index contributed by atoms with van der Waals surface area (Å²) in [7, 11) is 0. The summed E-state index contributed by atoms with van der Waals surface area (Å²) in [6.07, 6.45) is 10.7. The molecule has 0 aliphatic carbocycles. The van der Waals surface area contributed by atoms with E-state index in [1.54, 1.807) is 0 Å². The van der Waals surface area contributed by atoms with Gasteiger partial charge in [-0.2, -0.15) is 5.10 Å². The van der Waals surface area contributed by atoms with Crippen molar-refractivity contribution >= 4 is 0 Å². The highest BCUT2D eigenvalue weighted by Gasteiger charge is 1.94. The second kappa shape index (κ2) is 7.56. The molecule has 0 bridgehead atoms. The number of aromatic nitrogens is 2. The summed E-state index contributed by atoms with van der Waals surface area (Å²) in [5.41, 5.74) is 6.68. The van der Waals surface area contributed by atoms with E-state index >= 15 is 0 Å². The Bertz CT molecular complexity index is 206. The molecule has 80 valence electrons. The summed E-state index contributed by atoms with van der Waals surface area (Å²) < 4.78 is 0. The second-order valence-electron chi connectivity index (χ2n) is 3.74. The third-order valence-electron chi connectivity index (χ3n) is 2.46. The van der Waals surface area contributed by atoms with Gasteiger partial charge in [0.15, 0.2) is 0 Å². The molecule has 0 saturated carbocycles. The molecule has 0 radical (unpaired) electrons. The summed E-state index contributed by atoms with van der Waals surface area (Å²) in [5, 5.41) is 6.90. The van der Waals surface area contributed by atoms with Crippen LogP contribution >= 0.6 is 0 Å². The van der Waals surface area contributed by atoms with E-state index < -0.39 is 0 Å². The zero-order valence-electron chi connectivity index (χ0n) is 8.84. The second-order valence-corrected chi connectivity index (χ2v) is 3.74. The number of nitrogens with zero attached hydrogens (tertiary/aromatic N) is 1. The van der Waals surface area contributed by atoms with Crippen molar-refractivity contribution in [1.82, 2.24) is 10.2 Å². The quantitative estimate of drug-likeness (QED) is 0.625. The van der Waals surface area contributed by atoms with Crippen LogP contribution in [0.25, 0.3) is 0 Å². The Hall–Kier alpha value is -0.830. The van der Waals surface area contributed by atoms with E-state index in [-0.39, 0.29) is 0 Å². The van der Waals surface area contributed by atoms with Gasteiger partial charge in [0.1, 0.15) is 0 Å². The van der Waals surface area contributed by atoms with Crippen LogP contribution in [-0.2, 0) is 6.42 Å². The molecule has 1 aromatic heterocycles. The molecule has 0 spiro atoms. The number of rotatable bonds is 8. The van der Waals surface area contributed by atoms with Crippen LogP contribution in [0.4, 0.5) is 0 Å². The van der Waals surface area contributed by atoms with E-state index in [0.29, 0.717) is 0 Å². The Balaban J connectivity index is 1.85. The van der Waals surface area contributed by atoms with Gasteiger partial charge < -0.3 is 5.73 Å². The molecule has 0 unspecified atom stereocenters. The molecule has 0 aliphatic heterocycles. The molecule has 0 atom stereocenters. The van der Waals surface area contributed by atoms with Crippen LogP contribution in [0.3, 0.4) is 0 Å².